The van der Waals surface area contributed by atoms with E-state index in [4.69, 9.17) is 5.73 Å². The number of aromatic nitrogens is 1. The van der Waals surface area contributed by atoms with Gasteiger partial charge in [0, 0.05) is 89.3 Å². The van der Waals surface area contributed by atoms with Crippen LogP contribution in [-0.2, 0) is 110 Å². The average Bonchev–Trinajstić information content (AvgIpc) is 1.57. The summed E-state index contributed by atoms with van der Waals surface area (Å²) in [6.07, 6.45) is 1.63. The third-order valence-corrected chi connectivity index (χ3v) is 24.1. The van der Waals surface area contributed by atoms with E-state index in [1.54, 1.807) is 100 Å². The molecule has 2 aliphatic rings. The number of hydrogen-bond acceptors (Lipinski definition) is 19. The second kappa shape index (κ2) is 47.0. The highest BCUT2D eigenvalue weighted by Gasteiger charge is 2.66. The molecule has 6 aromatic carbocycles. The van der Waals surface area contributed by atoms with Crippen LogP contribution < -0.4 is 53.6 Å². The van der Waals surface area contributed by atoms with Crippen molar-refractivity contribution in [2.75, 3.05) is 72.9 Å². The van der Waals surface area contributed by atoms with E-state index < -0.39 is 193 Å². The van der Waals surface area contributed by atoms with E-state index in [1.807, 2.05) is 67.6 Å². The molecule has 34 nitrogen and oxygen atoms in total. The summed E-state index contributed by atoms with van der Waals surface area (Å²) in [6.45, 7) is 6.49. The number of amides is 14. The van der Waals surface area contributed by atoms with Crippen LogP contribution in [0.1, 0.15) is 100 Å². The second-order valence-corrected chi connectivity index (χ2v) is 35.1. The van der Waals surface area contributed by atoms with Crippen molar-refractivity contribution >= 4 is 111 Å². The highest BCUT2D eigenvalue weighted by atomic mass is 32.2. The molecule has 2 fully saturated rings. The number of primary amides is 1. The van der Waals surface area contributed by atoms with Gasteiger partial charge in [0.2, 0.25) is 82.7 Å². The van der Waals surface area contributed by atoms with Crippen molar-refractivity contribution in [2.24, 2.45) is 23.5 Å². The molecule has 12 atom stereocenters. The highest BCUT2D eigenvalue weighted by Crippen LogP contribution is 2.44. The van der Waals surface area contributed by atoms with Crippen LogP contribution >= 0.6 is 11.8 Å². The van der Waals surface area contributed by atoms with Gasteiger partial charge in [-0.15, -0.1) is 11.8 Å². The monoisotopic (exact) mass is 1790 g/mol. The first-order valence-electron chi connectivity index (χ1n) is 43.2. The Balaban J connectivity index is 1.11. The van der Waals surface area contributed by atoms with Crippen LogP contribution in [0.2, 0.25) is 0 Å². The van der Waals surface area contributed by atoms with Gasteiger partial charge in [-0.1, -0.05) is 181 Å². The molecule has 0 radical (unpaired) electrons. The lowest BCUT2D eigenvalue weighted by Gasteiger charge is -2.37. The summed E-state index contributed by atoms with van der Waals surface area (Å²) in [5, 5.41) is 56.7. The Morgan fingerprint density at radius 1 is 0.519 bits per heavy atom. The number of phenols is 2. The third-order valence-electron chi connectivity index (χ3n) is 23.0. The lowest BCUT2D eigenvalue weighted by molar-refractivity contribution is -0.148. The van der Waals surface area contributed by atoms with Crippen molar-refractivity contribution in [3.63, 3.8) is 0 Å². The number of likely N-dealkylation sites (N-methyl/N-ethyl adjacent to an activating group) is 5. The van der Waals surface area contributed by atoms with Gasteiger partial charge >= 0.3 is 5.97 Å². The standard InChI is InChI=1S/C94H120N16O18S/c1-11-12-32-75-89(123)108(8)53-80(115)105-94(48-68(94)92(126)127)93(128)104-82(57(4)5)91(125)110(10)76(45-59-26-18-14-19-27-59)87(121)102-73(44-62-35-39-66(112)40-36-62)88(122)107(7)52-79(114)99-72(47-63-49-96-69-31-23-22-30-67(63)69)86(120)101-71(43-61-33-37-65(111)38-34-61)85(119)100-70(41-56(2)3)84(118)103-74(83(117)97-50-78(95)113)54-129-55-81(116)98-64(42-58-24-16-13-17-25-58)51-106(6)77(90(124)109(75)9)46-60-28-20-15-21-29-60/h13-31,33-40,49,56-57,64,68,70-77,82,96,111-112H,11-12,32,41-48,50-55H2,1-10H3,(H2,95,113)(H,97,117)(H,98,116)(H,99,114)(H,100,119)(H,101,120)(H,102,121)(H,103,118)(H,104,128)(H,105,115)(H,126,127)/t64-,68-,70-,71-,72-,73-,74-,75-,76-,77-,82-,94?/m0/s1. The quantitative estimate of drug-likeness (QED) is 0.0464. The van der Waals surface area contributed by atoms with E-state index in [-0.39, 0.29) is 86.8 Å². The number of carbonyl (C=O) groups excluding carboxylic acids is 14. The topological polar surface area (TPSA) is 483 Å². The van der Waals surface area contributed by atoms with Crippen LogP contribution in [0.3, 0.4) is 0 Å². The molecule has 129 heavy (non-hydrogen) atoms. The number of carboxylic acids is 1. The van der Waals surface area contributed by atoms with Crippen molar-refractivity contribution in [2.45, 2.75) is 171 Å². The molecule has 0 bridgehead atoms. The molecule has 15 N–H and O–H groups in total. The van der Waals surface area contributed by atoms with E-state index >= 15 is 38.4 Å². The summed E-state index contributed by atoms with van der Waals surface area (Å²) in [5.74, 6) is -16.8. The van der Waals surface area contributed by atoms with Crippen LogP contribution in [0.15, 0.2) is 170 Å². The van der Waals surface area contributed by atoms with Crippen LogP contribution in [0.25, 0.3) is 10.9 Å². The molecular weight excluding hydrogens is 1670 g/mol. The first-order valence-corrected chi connectivity index (χ1v) is 44.3. The fraction of sp³-hybridized carbons (Fsp3) is 0.436. The molecule has 9 rings (SSSR count). The fourth-order valence-corrected chi connectivity index (χ4v) is 16.7. The number of hydrogen-bond donors (Lipinski definition) is 14. The van der Waals surface area contributed by atoms with Crippen LogP contribution in [-0.4, -0.2) is 272 Å². The van der Waals surface area contributed by atoms with Gasteiger partial charge in [-0.3, -0.25) is 76.8 Å². The maximum absolute atomic E-state index is 15.6. The minimum atomic E-state index is -2.18. The maximum atomic E-state index is 15.6. The van der Waals surface area contributed by atoms with E-state index in [1.165, 1.54) is 81.6 Å². The zero-order valence-electron chi connectivity index (χ0n) is 74.4. The van der Waals surface area contributed by atoms with Gasteiger partial charge in [-0.05, 0) is 115 Å². The summed E-state index contributed by atoms with van der Waals surface area (Å²) in [4.78, 5) is 230. The summed E-state index contributed by atoms with van der Waals surface area (Å²) < 4.78 is 0. The number of aliphatic carboxylic acids is 1. The highest BCUT2D eigenvalue weighted by molar-refractivity contribution is 8.00. The largest absolute Gasteiger partial charge is 0.508 e. The van der Waals surface area contributed by atoms with Gasteiger partial charge in [0.1, 0.15) is 65.4 Å². The number of nitrogens with zero attached hydrogens (tertiary/aromatic N) is 5. The van der Waals surface area contributed by atoms with Gasteiger partial charge < -0.3 is 93.5 Å². The predicted molar refractivity (Wildman–Crippen MR) is 484 cm³/mol. The molecule has 14 amide bonds. The van der Waals surface area contributed by atoms with Crippen molar-refractivity contribution in [1.29, 1.82) is 0 Å². The molecule has 690 valence electrons. The minimum absolute atomic E-state index is 0.0292. The van der Waals surface area contributed by atoms with Crippen LogP contribution in [0, 0.1) is 17.8 Å². The average molecular weight is 1790 g/mol. The number of carboxylic acid groups (broad SMARTS) is 1. The van der Waals surface area contributed by atoms with Crippen LogP contribution in [0.5, 0.6) is 11.5 Å². The molecule has 7 aromatic rings. The number of fused-ring (bicyclic) bond motifs is 1. The number of benzene rings is 6. The Morgan fingerprint density at radius 2 is 1.02 bits per heavy atom. The number of unbranched alkanes of at least 4 members (excludes halogenated alkanes) is 1. The van der Waals surface area contributed by atoms with Gasteiger partial charge in [-0.25, -0.2) is 0 Å². The molecule has 1 aliphatic carbocycles. The molecule has 2 heterocycles. The Kier molecular flexibility index (Phi) is 36.3. The van der Waals surface area contributed by atoms with Gasteiger partial charge in [0.15, 0.2) is 0 Å². The van der Waals surface area contributed by atoms with E-state index in [0.717, 1.165) is 37.6 Å². The molecule has 1 aromatic heterocycles. The number of carbonyl (C=O) groups is 15. The van der Waals surface area contributed by atoms with Crippen molar-refractivity contribution in [1.82, 2.24) is 77.3 Å². The van der Waals surface area contributed by atoms with E-state index in [0.29, 0.717) is 46.0 Å². The summed E-state index contributed by atoms with van der Waals surface area (Å²) in [6, 6.07) is 31.8. The number of aromatic amines is 1. The maximum Gasteiger partial charge on any atom is 0.309 e. The summed E-state index contributed by atoms with van der Waals surface area (Å²) >= 11 is 0.941. The minimum Gasteiger partial charge on any atom is -0.508 e. The number of H-pyrrole nitrogens is 1. The molecule has 1 spiro atoms. The second-order valence-electron chi connectivity index (χ2n) is 34.1. The lowest BCUT2D eigenvalue weighted by atomic mass is 9.98. The lowest BCUT2D eigenvalue weighted by Crippen LogP contribution is -2.62. The van der Waals surface area contributed by atoms with Gasteiger partial charge in [-0.2, -0.15) is 0 Å². The Morgan fingerprint density at radius 3 is 1.58 bits per heavy atom. The van der Waals surface area contributed by atoms with Gasteiger partial charge in [0.05, 0.1) is 37.3 Å². The fourth-order valence-electron chi connectivity index (χ4n) is 15.8. The normalized spacial score (nSPS) is 23.5. The van der Waals surface area contributed by atoms with Gasteiger partial charge in [0.25, 0.3) is 0 Å². The van der Waals surface area contributed by atoms with Crippen molar-refractivity contribution in [3.05, 3.63) is 203 Å². The Hall–Kier alpha value is -13.2. The zero-order chi connectivity index (χ0) is 93.9. The molecular formula is C94H120N16O18S. The summed E-state index contributed by atoms with van der Waals surface area (Å²) in [5.41, 5.74) is 7.42. The number of rotatable bonds is 22. The number of thioether (sulfide) groups is 1. The van der Waals surface area contributed by atoms with E-state index in [2.05, 4.69) is 52.8 Å². The number of nitrogens with two attached hydrogens (primary N) is 1. The Bertz CT molecular complexity index is 5090. The molecule has 1 aliphatic heterocycles. The zero-order valence-corrected chi connectivity index (χ0v) is 75.2. The number of para-hydroxylation sites is 1. The number of phenolic OH excluding ortho intramolecular Hbond substituents is 2. The number of nitrogens with one attached hydrogen (secondary N) is 10. The predicted octanol–water partition coefficient (Wildman–Crippen LogP) is 2.80. The SMILES string of the molecule is CCCC[C@H]1C(=O)N(C)CC(=O)NC2(C[C@H]2C(=O)O)C(=O)N[C@@H](C(C)C)C(=O)N(C)[C@@H](Cc2ccccc2)C(=O)N[C@@H](Cc2ccc(O)cc2)C(=O)N(C)CC(=O)N[C@@H](Cc2c[nH]c3ccccc23)C(=O)N[C@@H](Cc2ccc(O)cc2)C(=O)N[C@@H](CC(C)C)C(=O)N[C@H](C(=O)NCC(N)=O)CSCC(=O)N[C@@H](Cc2ccccc2)CN(C)[C@@H](Cc2ccccc2)C(=O)N1C. The smallest absolute Gasteiger partial charge is 0.309 e. The van der Waals surface area contributed by atoms with E-state index in [9.17, 15) is 48.9 Å². The first-order chi connectivity index (χ1) is 61.4. The summed E-state index contributed by atoms with van der Waals surface area (Å²) in [7, 11) is 7.09. The Labute approximate surface area is 754 Å². The molecule has 1 saturated heterocycles. The first kappa shape index (κ1) is 99.6. The number of aromatic hydroxyl groups is 2. The van der Waals surface area contributed by atoms with Crippen molar-refractivity contribution in [3.8, 4) is 11.5 Å². The van der Waals surface area contributed by atoms with Crippen LogP contribution in [0.4, 0.5) is 0 Å². The molecule has 1 saturated carbocycles. The third kappa shape index (κ3) is 28.7. The van der Waals surface area contributed by atoms with Crippen molar-refractivity contribution < 1.29 is 87.2 Å². The molecule has 35 heteroatoms. The molecule has 1 unspecified atom stereocenters.